The summed E-state index contributed by atoms with van der Waals surface area (Å²) in [5.74, 6) is 0. The predicted octanol–water partition coefficient (Wildman–Crippen LogP) is 3.04. The van der Waals surface area contributed by atoms with Crippen LogP contribution in [-0.4, -0.2) is 16.6 Å². The lowest BCUT2D eigenvalue weighted by atomic mass is 9.91. The Balaban J connectivity index is 2.75. The van der Waals surface area contributed by atoms with Gasteiger partial charge in [0, 0.05) is 19.2 Å². The summed E-state index contributed by atoms with van der Waals surface area (Å²) in [4.78, 5) is 4.52. The maximum Gasteiger partial charge on any atom is 0.0952 e. The van der Waals surface area contributed by atoms with Crippen LogP contribution in [0.1, 0.15) is 27.9 Å². The van der Waals surface area contributed by atoms with Crippen molar-refractivity contribution in [2.24, 2.45) is 7.05 Å². The van der Waals surface area contributed by atoms with E-state index >= 15 is 0 Å². The third-order valence-electron chi connectivity index (χ3n) is 3.96. The zero-order valence-electron chi connectivity index (χ0n) is 12.8. The molecule has 0 aliphatic carbocycles. The number of nitrogens with one attached hydrogen (secondary N) is 1. The first-order valence-corrected chi connectivity index (χ1v) is 6.70. The van der Waals surface area contributed by atoms with Gasteiger partial charge in [0.1, 0.15) is 0 Å². The molecule has 0 saturated heterocycles. The average molecular weight is 257 g/mol. The Morgan fingerprint density at radius 2 is 1.68 bits per heavy atom. The van der Waals surface area contributed by atoms with Crippen LogP contribution in [0.3, 0.4) is 0 Å². The van der Waals surface area contributed by atoms with Gasteiger partial charge in [0.2, 0.25) is 0 Å². The molecule has 1 aromatic carbocycles. The summed E-state index contributed by atoms with van der Waals surface area (Å²) < 4.78 is 2.13. The van der Waals surface area contributed by atoms with Gasteiger partial charge in [-0.15, -0.1) is 0 Å². The zero-order chi connectivity index (χ0) is 14.2. The summed E-state index contributed by atoms with van der Waals surface area (Å²) in [5.41, 5.74) is 9.07. The summed E-state index contributed by atoms with van der Waals surface area (Å²) in [6.45, 7) is 9.56. The molecular weight excluding hydrogens is 234 g/mol. The van der Waals surface area contributed by atoms with Crippen LogP contribution < -0.4 is 5.32 Å². The highest BCUT2D eigenvalue weighted by atomic mass is 15.0. The minimum Gasteiger partial charge on any atom is -0.333 e. The van der Waals surface area contributed by atoms with Crippen LogP contribution in [0.5, 0.6) is 0 Å². The standard InChI is InChI=1S/C16H23N3/c1-10-7-11(2)13(4)15(12(10)3)16-14(8-17-5)18-9-19(16)6/h7,9,17H,8H2,1-6H3. The van der Waals surface area contributed by atoms with E-state index < -0.39 is 0 Å². The zero-order valence-corrected chi connectivity index (χ0v) is 12.8. The van der Waals surface area contributed by atoms with Gasteiger partial charge in [-0.25, -0.2) is 4.98 Å². The Labute approximate surface area is 115 Å². The molecule has 0 fully saturated rings. The molecule has 0 aliphatic heterocycles. The van der Waals surface area contributed by atoms with Crippen LogP contribution >= 0.6 is 0 Å². The average Bonchev–Trinajstić information content (AvgIpc) is 2.70. The first-order chi connectivity index (χ1) is 8.97. The molecule has 102 valence electrons. The van der Waals surface area contributed by atoms with Crippen LogP contribution in [0.4, 0.5) is 0 Å². The molecule has 3 heteroatoms. The van der Waals surface area contributed by atoms with E-state index in [9.17, 15) is 0 Å². The fourth-order valence-electron chi connectivity index (χ4n) is 2.67. The number of hydrogen-bond acceptors (Lipinski definition) is 2. The molecule has 0 saturated carbocycles. The van der Waals surface area contributed by atoms with Gasteiger partial charge < -0.3 is 9.88 Å². The second kappa shape index (κ2) is 5.17. The summed E-state index contributed by atoms with van der Waals surface area (Å²) in [5, 5.41) is 3.20. The normalized spacial score (nSPS) is 11.1. The van der Waals surface area contributed by atoms with E-state index in [0.29, 0.717) is 0 Å². The quantitative estimate of drug-likeness (QED) is 0.916. The van der Waals surface area contributed by atoms with Crippen molar-refractivity contribution < 1.29 is 0 Å². The number of aryl methyl sites for hydroxylation is 3. The highest BCUT2D eigenvalue weighted by Crippen LogP contribution is 2.33. The number of hydrogen-bond donors (Lipinski definition) is 1. The molecular formula is C16H23N3. The first kappa shape index (κ1) is 13.8. The molecule has 0 amide bonds. The van der Waals surface area contributed by atoms with Gasteiger partial charge in [0.25, 0.3) is 0 Å². The molecule has 0 unspecified atom stereocenters. The summed E-state index contributed by atoms with van der Waals surface area (Å²) >= 11 is 0. The number of nitrogens with zero attached hydrogens (tertiary/aromatic N) is 2. The molecule has 0 aliphatic rings. The van der Waals surface area contributed by atoms with Crippen LogP contribution in [0.25, 0.3) is 11.3 Å². The second-order valence-corrected chi connectivity index (χ2v) is 5.32. The molecule has 1 aromatic heterocycles. The summed E-state index contributed by atoms with van der Waals surface area (Å²) in [6, 6.07) is 2.27. The van der Waals surface area contributed by atoms with Gasteiger partial charge in [0.05, 0.1) is 17.7 Å². The van der Waals surface area contributed by atoms with Crippen LogP contribution in [-0.2, 0) is 13.6 Å². The van der Waals surface area contributed by atoms with Gasteiger partial charge in [0.15, 0.2) is 0 Å². The molecule has 19 heavy (non-hydrogen) atoms. The lowest BCUT2D eigenvalue weighted by Crippen LogP contribution is -2.08. The summed E-state index contributed by atoms with van der Waals surface area (Å²) in [6.07, 6.45) is 1.90. The molecule has 0 spiro atoms. The van der Waals surface area contributed by atoms with Gasteiger partial charge in [-0.2, -0.15) is 0 Å². The summed E-state index contributed by atoms with van der Waals surface area (Å²) in [7, 11) is 4.03. The Morgan fingerprint density at radius 3 is 2.21 bits per heavy atom. The minimum atomic E-state index is 0.794. The van der Waals surface area contributed by atoms with Crippen molar-refractivity contribution in [1.82, 2.24) is 14.9 Å². The van der Waals surface area contributed by atoms with Crippen LogP contribution in [0, 0.1) is 27.7 Å². The highest BCUT2D eigenvalue weighted by Gasteiger charge is 2.17. The molecule has 0 bridgehead atoms. The SMILES string of the molecule is CNCc1ncn(C)c1-c1c(C)c(C)cc(C)c1C. The van der Waals surface area contributed by atoms with E-state index in [2.05, 4.69) is 55.7 Å². The monoisotopic (exact) mass is 257 g/mol. The van der Waals surface area contributed by atoms with Gasteiger partial charge in [-0.05, 0) is 57.0 Å². The Hall–Kier alpha value is -1.61. The minimum absolute atomic E-state index is 0.794. The third-order valence-corrected chi connectivity index (χ3v) is 3.96. The fourth-order valence-corrected chi connectivity index (χ4v) is 2.67. The van der Waals surface area contributed by atoms with Crippen molar-refractivity contribution in [1.29, 1.82) is 0 Å². The molecule has 1 N–H and O–H groups in total. The maximum absolute atomic E-state index is 4.52. The number of aromatic nitrogens is 2. The van der Waals surface area contributed by atoms with Gasteiger partial charge in [-0.1, -0.05) is 6.07 Å². The van der Waals surface area contributed by atoms with Crippen LogP contribution in [0.15, 0.2) is 12.4 Å². The second-order valence-electron chi connectivity index (χ2n) is 5.32. The van der Waals surface area contributed by atoms with E-state index in [1.165, 1.54) is 33.5 Å². The number of rotatable bonds is 3. The van der Waals surface area contributed by atoms with Crippen molar-refractivity contribution in [3.05, 3.63) is 40.3 Å². The molecule has 0 radical (unpaired) electrons. The number of benzene rings is 1. The molecule has 2 rings (SSSR count). The van der Waals surface area contributed by atoms with E-state index in [0.717, 1.165) is 12.2 Å². The molecule has 1 heterocycles. The molecule has 3 nitrogen and oxygen atoms in total. The fraction of sp³-hybridized carbons (Fsp3) is 0.438. The van der Waals surface area contributed by atoms with E-state index in [4.69, 9.17) is 0 Å². The lowest BCUT2D eigenvalue weighted by Gasteiger charge is -2.17. The Morgan fingerprint density at radius 1 is 1.11 bits per heavy atom. The molecule has 0 atom stereocenters. The smallest absolute Gasteiger partial charge is 0.0952 e. The van der Waals surface area contributed by atoms with E-state index in [1.54, 1.807) is 0 Å². The van der Waals surface area contributed by atoms with Gasteiger partial charge in [-0.3, -0.25) is 0 Å². The predicted molar refractivity (Wildman–Crippen MR) is 80.4 cm³/mol. The number of imidazole rings is 1. The lowest BCUT2D eigenvalue weighted by molar-refractivity contribution is 0.797. The maximum atomic E-state index is 4.52. The van der Waals surface area contributed by atoms with Crippen LogP contribution in [0.2, 0.25) is 0 Å². The topological polar surface area (TPSA) is 29.9 Å². The molecule has 2 aromatic rings. The Kier molecular flexibility index (Phi) is 3.76. The van der Waals surface area contributed by atoms with Crippen molar-refractivity contribution in [2.75, 3.05) is 7.05 Å². The Bertz CT molecular complexity index is 583. The van der Waals surface area contributed by atoms with Gasteiger partial charge >= 0.3 is 0 Å². The van der Waals surface area contributed by atoms with Crippen molar-refractivity contribution in [3.8, 4) is 11.3 Å². The van der Waals surface area contributed by atoms with Crippen molar-refractivity contribution in [3.63, 3.8) is 0 Å². The first-order valence-electron chi connectivity index (χ1n) is 6.70. The van der Waals surface area contributed by atoms with E-state index in [-0.39, 0.29) is 0 Å². The third kappa shape index (κ3) is 2.30. The van der Waals surface area contributed by atoms with Crippen molar-refractivity contribution in [2.45, 2.75) is 34.2 Å². The van der Waals surface area contributed by atoms with Crippen molar-refractivity contribution >= 4 is 0 Å². The highest BCUT2D eigenvalue weighted by molar-refractivity contribution is 5.72. The largest absolute Gasteiger partial charge is 0.333 e. The van der Waals surface area contributed by atoms with E-state index in [1.807, 2.05) is 13.4 Å².